The van der Waals surface area contributed by atoms with Crippen molar-refractivity contribution >= 4 is 12.0 Å². The number of hydrogen-bond acceptors (Lipinski definition) is 2. The van der Waals surface area contributed by atoms with Gasteiger partial charge in [0.15, 0.2) is 0 Å². The Morgan fingerprint density at radius 1 is 1.50 bits per heavy atom. The Bertz CT molecular complexity index is 444. The SMILES string of the molecule is C/C=C/c1cccc(C(CC(=O)OC)C2CC2)c1. The summed E-state index contributed by atoms with van der Waals surface area (Å²) in [4.78, 5) is 11.5. The van der Waals surface area contributed by atoms with Crippen LogP contribution in [0.1, 0.15) is 43.2 Å². The molecule has 0 aromatic heterocycles. The summed E-state index contributed by atoms with van der Waals surface area (Å²) in [5, 5.41) is 0. The number of esters is 1. The molecule has 1 aromatic rings. The fourth-order valence-corrected chi connectivity index (χ4v) is 2.40. The van der Waals surface area contributed by atoms with E-state index in [1.165, 1.54) is 31.1 Å². The summed E-state index contributed by atoms with van der Waals surface area (Å²) in [5.41, 5.74) is 2.46. The van der Waals surface area contributed by atoms with E-state index < -0.39 is 0 Å². The topological polar surface area (TPSA) is 26.3 Å². The van der Waals surface area contributed by atoms with Crippen molar-refractivity contribution in [2.75, 3.05) is 7.11 Å². The lowest BCUT2D eigenvalue weighted by Crippen LogP contribution is -2.10. The van der Waals surface area contributed by atoms with Crippen LogP contribution < -0.4 is 0 Å². The Labute approximate surface area is 109 Å². The average Bonchev–Trinajstić information content (AvgIpc) is 3.20. The van der Waals surface area contributed by atoms with E-state index in [9.17, 15) is 4.79 Å². The maximum atomic E-state index is 11.5. The third-order valence-electron chi connectivity index (χ3n) is 3.50. The van der Waals surface area contributed by atoms with Gasteiger partial charge in [0.2, 0.25) is 0 Å². The molecule has 0 saturated heterocycles. The molecule has 2 heteroatoms. The summed E-state index contributed by atoms with van der Waals surface area (Å²) >= 11 is 0. The van der Waals surface area contributed by atoms with E-state index in [0.717, 1.165) is 0 Å². The highest BCUT2D eigenvalue weighted by Crippen LogP contribution is 2.44. The lowest BCUT2D eigenvalue weighted by molar-refractivity contribution is -0.141. The van der Waals surface area contributed by atoms with E-state index >= 15 is 0 Å². The highest BCUT2D eigenvalue weighted by atomic mass is 16.5. The normalized spacial score (nSPS) is 16.8. The van der Waals surface area contributed by atoms with E-state index in [1.54, 1.807) is 0 Å². The average molecular weight is 244 g/mol. The van der Waals surface area contributed by atoms with Crippen LogP contribution in [0.4, 0.5) is 0 Å². The number of carbonyl (C=O) groups is 1. The van der Waals surface area contributed by atoms with Gasteiger partial charge in [-0.25, -0.2) is 0 Å². The number of rotatable bonds is 5. The highest BCUT2D eigenvalue weighted by molar-refractivity contribution is 5.70. The van der Waals surface area contributed by atoms with E-state index in [4.69, 9.17) is 4.74 Å². The van der Waals surface area contributed by atoms with Gasteiger partial charge < -0.3 is 4.74 Å². The first-order chi connectivity index (χ1) is 8.74. The summed E-state index contributed by atoms with van der Waals surface area (Å²) in [5.74, 6) is 0.871. The fraction of sp³-hybridized carbons (Fsp3) is 0.438. The third-order valence-corrected chi connectivity index (χ3v) is 3.50. The first-order valence-electron chi connectivity index (χ1n) is 6.54. The van der Waals surface area contributed by atoms with Gasteiger partial charge in [-0.3, -0.25) is 4.79 Å². The quantitative estimate of drug-likeness (QED) is 0.737. The minimum atomic E-state index is -0.108. The summed E-state index contributed by atoms with van der Waals surface area (Å²) in [6.07, 6.45) is 7.09. The molecule has 0 N–H and O–H groups in total. The van der Waals surface area contributed by atoms with Gasteiger partial charge >= 0.3 is 5.97 Å². The molecule has 1 saturated carbocycles. The molecular formula is C16H20O2. The third kappa shape index (κ3) is 3.22. The smallest absolute Gasteiger partial charge is 0.306 e. The number of allylic oxidation sites excluding steroid dienone is 1. The van der Waals surface area contributed by atoms with Crippen LogP contribution in [0.15, 0.2) is 30.3 Å². The lowest BCUT2D eigenvalue weighted by atomic mass is 9.90. The van der Waals surface area contributed by atoms with Crippen LogP contribution >= 0.6 is 0 Å². The molecule has 1 atom stereocenters. The summed E-state index contributed by atoms with van der Waals surface area (Å²) in [7, 11) is 1.46. The Kier molecular flexibility index (Phi) is 4.19. The molecule has 0 amide bonds. The molecule has 0 aliphatic heterocycles. The number of ether oxygens (including phenoxy) is 1. The van der Waals surface area contributed by atoms with Crippen molar-refractivity contribution in [2.45, 2.75) is 32.1 Å². The Morgan fingerprint density at radius 2 is 2.28 bits per heavy atom. The zero-order valence-electron chi connectivity index (χ0n) is 11.1. The van der Waals surface area contributed by atoms with E-state index in [2.05, 4.69) is 30.3 Å². The maximum Gasteiger partial charge on any atom is 0.306 e. The van der Waals surface area contributed by atoms with Crippen LogP contribution in [-0.4, -0.2) is 13.1 Å². The molecule has 1 aliphatic rings. The molecule has 0 radical (unpaired) electrons. The van der Waals surface area contributed by atoms with E-state index in [0.29, 0.717) is 18.3 Å². The highest BCUT2D eigenvalue weighted by Gasteiger charge is 2.33. The molecule has 0 heterocycles. The minimum absolute atomic E-state index is 0.108. The molecule has 96 valence electrons. The van der Waals surface area contributed by atoms with Crippen molar-refractivity contribution in [3.63, 3.8) is 0 Å². The molecular weight excluding hydrogens is 224 g/mol. The zero-order valence-corrected chi connectivity index (χ0v) is 11.1. The van der Waals surface area contributed by atoms with Crippen molar-refractivity contribution in [3.8, 4) is 0 Å². The number of methoxy groups -OCH3 is 1. The molecule has 2 rings (SSSR count). The minimum Gasteiger partial charge on any atom is -0.469 e. The number of hydrogen-bond donors (Lipinski definition) is 0. The molecule has 0 bridgehead atoms. The molecule has 1 unspecified atom stereocenters. The zero-order chi connectivity index (χ0) is 13.0. The molecule has 18 heavy (non-hydrogen) atoms. The summed E-state index contributed by atoms with van der Waals surface area (Å²) < 4.78 is 4.80. The summed E-state index contributed by atoms with van der Waals surface area (Å²) in [6, 6.07) is 8.47. The fourth-order valence-electron chi connectivity index (χ4n) is 2.40. The molecule has 1 aliphatic carbocycles. The first-order valence-corrected chi connectivity index (χ1v) is 6.54. The standard InChI is InChI=1S/C16H20O2/c1-3-5-12-6-4-7-14(10-12)15(13-8-9-13)11-16(17)18-2/h3-7,10,13,15H,8-9,11H2,1-2H3/b5-3+. The first kappa shape index (κ1) is 12.9. The van der Waals surface area contributed by atoms with Gasteiger partial charge in [0.25, 0.3) is 0 Å². The Hall–Kier alpha value is -1.57. The van der Waals surface area contributed by atoms with Crippen molar-refractivity contribution in [1.29, 1.82) is 0 Å². The molecule has 2 nitrogen and oxygen atoms in total. The molecule has 1 fully saturated rings. The van der Waals surface area contributed by atoms with Crippen molar-refractivity contribution in [1.82, 2.24) is 0 Å². The second-order valence-corrected chi connectivity index (χ2v) is 4.89. The van der Waals surface area contributed by atoms with Crippen LogP contribution in [0.5, 0.6) is 0 Å². The largest absolute Gasteiger partial charge is 0.469 e. The van der Waals surface area contributed by atoms with Crippen LogP contribution in [0.25, 0.3) is 6.08 Å². The van der Waals surface area contributed by atoms with Crippen LogP contribution in [0, 0.1) is 5.92 Å². The van der Waals surface area contributed by atoms with Gasteiger partial charge in [0.05, 0.1) is 13.5 Å². The second kappa shape index (κ2) is 5.85. The van der Waals surface area contributed by atoms with Crippen LogP contribution in [0.2, 0.25) is 0 Å². The van der Waals surface area contributed by atoms with Crippen molar-refractivity contribution in [3.05, 3.63) is 41.5 Å². The van der Waals surface area contributed by atoms with Crippen molar-refractivity contribution in [2.24, 2.45) is 5.92 Å². The second-order valence-electron chi connectivity index (χ2n) is 4.89. The van der Waals surface area contributed by atoms with Crippen molar-refractivity contribution < 1.29 is 9.53 Å². The maximum absolute atomic E-state index is 11.5. The van der Waals surface area contributed by atoms with Gasteiger partial charge in [-0.15, -0.1) is 0 Å². The Balaban J connectivity index is 2.19. The lowest BCUT2D eigenvalue weighted by Gasteiger charge is -2.16. The Morgan fingerprint density at radius 3 is 2.89 bits per heavy atom. The van der Waals surface area contributed by atoms with E-state index in [-0.39, 0.29) is 5.97 Å². The van der Waals surface area contributed by atoms with Gasteiger partial charge in [-0.2, -0.15) is 0 Å². The van der Waals surface area contributed by atoms with E-state index in [1.807, 2.05) is 13.0 Å². The monoisotopic (exact) mass is 244 g/mol. The number of benzene rings is 1. The van der Waals surface area contributed by atoms with Gasteiger partial charge in [0.1, 0.15) is 0 Å². The van der Waals surface area contributed by atoms with Crippen LogP contribution in [-0.2, 0) is 9.53 Å². The van der Waals surface area contributed by atoms with Gasteiger partial charge in [-0.05, 0) is 42.7 Å². The van der Waals surface area contributed by atoms with Gasteiger partial charge in [-0.1, -0.05) is 36.4 Å². The predicted octanol–water partition coefficient (Wildman–Crippen LogP) is 3.78. The van der Waals surface area contributed by atoms with Gasteiger partial charge in [0, 0.05) is 0 Å². The van der Waals surface area contributed by atoms with Crippen LogP contribution in [0.3, 0.4) is 0 Å². The molecule has 0 spiro atoms. The number of carbonyl (C=O) groups excluding carboxylic acids is 1. The summed E-state index contributed by atoms with van der Waals surface area (Å²) in [6.45, 7) is 2.01. The molecule has 1 aromatic carbocycles. The predicted molar refractivity (Wildman–Crippen MR) is 73.2 cm³/mol.